The second-order valence-electron chi connectivity index (χ2n) is 6.16. The molecule has 2 heterocycles. The molecule has 0 unspecified atom stereocenters. The van der Waals surface area contributed by atoms with E-state index < -0.39 is 4.92 Å². The van der Waals surface area contributed by atoms with E-state index in [1.807, 2.05) is 22.7 Å². The van der Waals surface area contributed by atoms with Gasteiger partial charge in [0.05, 0.1) is 4.92 Å². The van der Waals surface area contributed by atoms with E-state index in [9.17, 15) is 14.9 Å². The Balaban J connectivity index is 1.80. The van der Waals surface area contributed by atoms with Gasteiger partial charge in [-0.3, -0.25) is 19.6 Å². The summed E-state index contributed by atoms with van der Waals surface area (Å²) in [5.41, 5.74) is 2.17. The predicted molar refractivity (Wildman–Crippen MR) is 90.5 cm³/mol. The molecule has 1 aromatic carbocycles. The number of Topliss-reactive ketones (excluding diaryl/α,β-unsaturated/α-hetero) is 1. The average molecular weight is 328 g/mol. The minimum Gasteiger partial charge on any atom is -0.366 e. The van der Waals surface area contributed by atoms with Crippen LogP contribution in [0.5, 0.6) is 0 Å². The maximum absolute atomic E-state index is 11.5. The first-order valence-electron chi connectivity index (χ1n) is 7.99. The van der Waals surface area contributed by atoms with Crippen molar-refractivity contribution in [2.24, 2.45) is 7.05 Å². The third-order valence-corrected chi connectivity index (χ3v) is 4.69. The lowest BCUT2D eigenvalue weighted by Gasteiger charge is -2.33. The Bertz CT molecular complexity index is 776. The third kappa shape index (κ3) is 3.02. The molecule has 126 valence electrons. The summed E-state index contributed by atoms with van der Waals surface area (Å²) < 4.78 is 1.89. The lowest BCUT2D eigenvalue weighted by molar-refractivity contribution is -0.384. The number of carbonyl (C=O) groups is 1. The molecule has 7 heteroatoms. The van der Waals surface area contributed by atoms with Gasteiger partial charge < -0.3 is 4.90 Å². The highest BCUT2D eigenvalue weighted by molar-refractivity contribution is 5.95. The molecule has 1 aliphatic rings. The van der Waals surface area contributed by atoms with Gasteiger partial charge in [-0.1, -0.05) is 0 Å². The first-order valence-corrected chi connectivity index (χ1v) is 7.99. The van der Waals surface area contributed by atoms with E-state index in [4.69, 9.17) is 0 Å². The second kappa shape index (κ2) is 6.43. The zero-order valence-corrected chi connectivity index (χ0v) is 13.8. The number of rotatable bonds is 4. The second-order valence-corrected chi connectivity index (χ2v) is 6.16. The summed E-state index contributed by atoms with van der Waals surface area (Å²) in [4.78, 5) is 24.5. The zero-order valence-electron chi connectivity index (χ0n) is 13.8. The molecule has 0 N–H and O–H groups in total. The predicted octanol–water partition coefficient (Wildman–Crippen LogP) is 2.91. The van der Waals surface area contributed by atoms with Crippen LogP contribution in [0, 0.1) is 10.1 Å². The van der Waals surface area contributed by atoms with E-state index in [1.165, 1.54) is 18.7 Å². The van der Waals surface area contributed by atoms with Crippen LogP contribution in [-0.4, -0.2) is 33.6 Å². The zero-order chi connectivity index (χ0) is 17.3. The summed E-state index contributed by atoms with van der Waals surface area (Å²) >= 11 is 0. The highest BCUT2D eigenvalue weighted by atomic mass is 16.6. The number of nitrogens with zero attached hydrogens (tertiary/aromatic N) is 4. The SMILES string of the molecule is CC(=O)c1ccc(N2CCC(c3ccnn3C)CC2)c([N+](=O)[O-])c1. The van der Waals surface area contributed by atoms with Gasteiger partial charge in [0.2, 0.25) is 0 Å². The maximum Gasteiger partial charge on any atom is 0.293 e. The van der Waals surface area contributed by atoms with Crippen molar-refractivity contribution in [2.75, 3.05) is 18.0 Å². The number of ketones is 1. The molecular weight excluding hydrogens is 308 g/mol. The Kier molecular flexibility index (Phi) is 4.33. The first-order chi connectivity index (χ1) is 11.5. The molecular formula is C17H20N4O3. The van der Waals surface area contributed by atoms with Gasteiger partial charge >= 0.3 is 0 Å². The van der Waals surface area contributed by atoms with Crippen LogP contribution >= 0.6 is 0 Å². The van der Waals surface area contributed by atoms with Gasteiger partial charge in [-0.25, -0.2) is 0 Å². The smallest absolute Gasteiger partial charge is 0.293 e. The summed E-state index contributed by atoms with van der Waals surface area (Å²) in [6.45, 7) is 2.91. The summed E-state index contributed by atoms with van der Waals surface area (Å²) in [5.74, 6) is 0.254. The summed E-state index contributed by atoms with van der Waals surface area (Å²) in [7, 11) is 1.94. The van der Waals surface area contributed by atoms with E-state index in [0.717, 1.165) is 25.9 Å². The van der Waals surface area contributed by atoms with Gasteiger partial charge in [-0.2, -0.15) is 5.10 Å². The summed E-state index contributed by atoms with van der Waals surface area (Å²) in [6, 6.07) is 6.77. The van der Waals surface area contributed by atoms with Gasteiger partial charge in [0.1, 0.15) is 5.69 Å². The number of nitro groups is 1. The van der Waals surface area contributed by atoms with E-state index in [-0.39, 0.29) is 11.5 Å². The van der Waals surface area contributed by atoms with Crippen molar-refractivity contribution in [1.29, 1.82) is 0 Å². The number of hydrogen-bond acceptors (Lipinski definition) is 5. The standard InChI is InChI=1S/C17H20N4O3/c1-12(22)14-3-4-16(17(11-14)21(23)24)20-9-6-13(7-10-20)15-5-8-18-19(15)2/h3-5,8,11,13H,6-7,9-10H2,1-2H3. The van der Waals surface area contributed by atoms with E-state index >= 15 is 0 Å². The minimum atomic E-state index is -0.408. The van der Waals surface area contributed by atoms with Crippen LogP contribution in [0.4, 0.5) is 11.4 Å². The van der Waals surface area contributed by atoms with Crippen molar-refractivity contribution in [3.63, 3.8) is 0 Å². The molecule has 2 aromatic rings. The number of piperidine rings is 1. The van der Waals surface area contributed by atoms with Crippen molar-refractivity contribution in [1.82, 2.24) is 9.78 Å². The summed E-state index contributed by atoms with van der Waals surface area (Å²) in [5, 5.41) is 15.6. The molecule has 3 rings (SSSR count). The van der Waals surface area contributed by atoms with Crippen LogP contribution < -0.4 is 4.90 Å². The Morgan fingerprint density at radius 2 is 2.00 bits per heavy atom. The minimum absolute atomic E-state index is 0.00156. The van der Waals surface area contributed by atoms with Crippen molar-refractivity contribution >= 4 is 17.2 Å². The van der Waals surface area contributed by atoms with Gasteiger partial charge in [0.25, 0.3) is 5.69 Å². The normalized spacial score (nSPS) is 15.5. The Morgan fingerprint density at radius 3 is 2.54 bits per heavy atom. The Hall–Kier alpha value is -2.70. The molecule has 24 heavy (non-hydrogen) atoms. The van der Waals surface area contributed by atoms with Gasteiger partial charge in [-0.05, 0) is 38.0 Å². The molecule has 1 fully saturated rings. The molecule has 1 aliphatic heterocycles. The van der Waals surface area contributed by atoms with Crippen LogP contribution in [0.3, 0.4) is 0 Å². The third-order valence-electron chi connectivity index (χ3n) is 4.69. The van der Waals surface area contributed by atoms with Gasteiger partial charge in [-0.15, -0.1) is 0 Å². The molecule has 0 bridgehead atoms. The van der Waals surface area contributed by atoms with Crippen LogP contribution in [0.2, 0.25) is 0 Å². The number of nitro benzene ring substituents is 1. The monoisotopic (exact) mass is 328 g/mol. The van der Waals surface area contributed by atoms with Crippen LogP contribution in [0.1, 0.15) is 41.7 Å². The maximum atomic E-state index is 11.5. The number of aryl methyl sites for hydroxylation is 1. The van der Waals surface area contributed by atoms with E-state index in [2.05, 4.69) is 5.10 Å². The van der Waals surface area contributed by atoms with E-state index in [0.29, 0.717) is 17.2 Å². The molecule has 0 atom stereocenters. The number of benzene rings is 1. The number of carbonyl (C=O) groups excluding carboxylic acids is 1. The Labute approximate surface area is 140 Å². The fourth-order valence-electron chi connectivity index (χ4n) is 3.36. The summed E-state index contributed by atoms with van der Waals surface area (Å²) in [6.07, 6.45) is 3.64. The first kappa shape index (κ1) is 16.2. The quantitative estimate of drug-likeness (QED) is 0.490. The van der Waals surface area contributed by atoms with Crippen molar-refractivity contribution < 1.29 is 9.72 Å². The lowest BCUT2D eigenvalue weighted by Crippen LogP contribution is -2.33. The fourth-order valence-corrected chi connectivity index (χ4v) is 3.36. The topological polar surface area (TPSA) is 81.3 Å². The molecule has 1 saturated heterocycles. The molecule has 7 nitrogen and oxygen atoms in total. The van der Waals surface area contributed by atoms with Crippen molar-refractivity contribution in [3.8, 4) is 0 Å². The molecule has 0 amide bonds. The van der Waals surface area contributed by atoms with Gasteiger partial charge in [0, 0.05) is 49.6 Å². The van der Waals surface area contributed by atoms with E-state index in [1.54, 1.807) is 18.3 Å². The van der Waals surface area contributed by atoms with Crippen molar-refractivity contribution in [3.05, 3.63) is 51.8 Å². The van der Waals surface area contributed by atoms with Crippen molar-refractivity contribution in [2.45, 2.75) is 25.7 Å². The molecule has 1 aromatic heterocycles. The fraction of sp³-hybridized carbons (Fsp3) is 0.412. The molecule has 0 saturated carbocycles. The van der Waals surface area contributed by atoms with Crippen LogP contribution in [0.25, 0.3) is 0 Å². The number of hydrogen-bond donors (Lipinski definition) is 0. The molecule has 0 spiro atoms. The van der Waals surface area contributed by atoms with Crippen LogP contribution in [0.15, 0.2) is 30.5 Å². The Morgan fingerprint density at radius 1 is 1.29 bits per heavy atom. The number of aromatic nitrogens is 2. The lowest BCUT2D eigenvalue weighted by atomic mass is 9.93. The van der Waals surface area contributed by atoms with Gasteiger partial charge in [0.15, 0.2) is 5.78 Å². The average Bonchev–Trinajstić information content (AvgIpc) is 3.00. The molecule has 0 aliphatic carbocycles. The highest BCUT2D eigenvalue weighted by Crippen LogP contribution is 2.35. The van der Waals surface area contributed by atoms with Crippen LogP contribution in [-0.2, 0) is 7.05 Å². The highest BCUT2D eigenvalue weighted by Gasteiger charge is 2.27. The number of anilines is 1. The largest absolute Gasteiger partial charge is 0.366 e. The molecule has 0 radical (unpaired) electrons.